The van der Waals surface area contributed by atoms with Crippen molar-refractivity contribution in [2.45, 2.75) is 0 Å². The van der Waals surface area contributed by atoms with Crippen molar-refractivity contribution in [1.82, 2.24) is 0 Å². The van der Waals surface area contributed by atoms with Crippen LogP contribution in [0.15, 0.2) is 106 Å². The number of anilines is 2. The number of nitrogens with one attached hydrogen (secondary N) is 2. The van der Waals surface area contributed by atoms with Crippen LogP contribution in [0.4, 0.5) is 11.4 Å². The van der Waals surface area contributed by atoms with Crippen LogP contribution < -0.4 is 16.3 Å². The van der Waals surface area contributed by atoms with E-state index in [1.807, 2.05) is 23.6 Å². The first-order chi connectivity index (χ1) is 16.6. The van der Waals surface area contributed by atoms with Gasteiger partial charge in [-0.1, -0.05) is 42.5 Å². The molecule has 0 saturated carbocycles. The number of thiophene rings is 1. The van der Waals surface area contributed by atoms with Gasteiger partial charge in [0.15, 0.2) is 0 Å². The molecule has 2 N–H and O–H groups in total. The van der Waals surface area contributed by atoms with Gasteiger partial charge in [0, 0.05) is 22.3 Å². The van der Waals surface area contributed by atoms with E-state index in [9.17, 15) is 14.4 Å². The Morgan fingerprint density at radius 2 is 1.50 bits per heavy atom. The van der Waals surface area contributed by atoms with Crippen molar-refractivity contribution < 1.29 is 14.0 Å². The molecule has 34 heavy (non-hydrogen) atoms. The summed E-state index contributed by atoms with van der Waals surface area (Å²) in [4.78, 5) is 38.3. The van der Waals surface area contributed by atoms with E-state index in [0.717, 1.165) is 5.39 Å². The molecule has 0 unspecified atom stereocenters. The molecule has 166 valence electrons. The molecule has 0 saturated heterocycles. The zero-order chi connectivity index (χ0) is 23.5. The molecule has 6 nitrogen and oxygen atoms in total. The van der Waals surface area contributed by atoms with Crippen LogP contribution in [0.2, 0.25) is 0 Å². The number of hydrogen-bond acceptors (Lipinski definition) is 5. The molecule has 5 rings (SSSR count). The standard InChI is InChI=1S/C27H18N2O4S/c30-25(28-20-9-4-10-21(16-20)29-26(31)24-12-5-13-34-24)19-8-3-7-17(14-19)22-15-18-6-1-2-11-23(18)33-27(22)32/h1-16H,(H,28,30)(H,29,31). The average Bonchev–Trinajstić information content (AvgIpc) is 3.39. The highest BCUT2D eigenvalue weighted by atomic mass is 32.1. The number of carbonyl (C=O) groups excluding carboxylic acids is 2. The monoisotopic (exact) mass is 466 g/mol. The maximum absolute atomic E-state index is 12.9. The maximum Gasteiger partial charge on any atom is 0.344 e. The number of rotatable bonds is 5. The summed E-state index contributed by atoms with van der Waals surface area (Å²) < 4.78 is 5.42. The number of para-hydroxylation sites is 1. The van der Waals surface area contributed by atoms with Gasteiger partial charge in [0.25, 0.3) is 11.8 Å². The third-order valence-corrected chi connectivity index (χ3v) is 6.07. The number of benzene rings is 3. The smallest absolute Gasteiger partial charge is 0.344 e. The van der Waals surface area contributed by atoms with E-state index in [0.29, 0.717) is 38.5 Å². The second kappa shape index (κ2) is 9.17. The van der Waals surface area contributed by atoms with Gasteiger partial charge in [0.05, 0.1) is 10.4 Å². The number of fused-ring (bicyclic) bond motifs is 1. The summed E-state index contributed by atoms with van der Waals surface area (Å²) in [5, 5.41) is 8.30. The lowest BCUT2D eigenvalue weighted by molar-refractivity contribution is 0.102. The van der Waals surface area contributed by atoms with Crippen molar-refractivity contribution >= 4 is 45.5 Å². The third kappa shape index (κ3) is 4.51. The predicted octanol–water partition coefficient (Wildman–Crippen LogP) is 6.03. The second-order valence-corrected chi connectivity index (χ2v) is 8.48. The lowest BCUT2D eigenvalue weighted by Gasteiger charge is -2.09. The van der Waals surface area contributed by atoms with E-state index >= 15 is 0 Å². The SMILES string of the molecule is O=C(Nc1cccc(NC(=O)c2cccs2)c1)c1cccc(-c2cc3ccccc3oc2=O)c1. The van der Waals surface area contributed by atoms with Crippen LogP contribution in [0.5, 0.6) is 0 Å². The topological polar surface area (TPSA) is 88.4 Å². The lowest BCUT2D eigenvalue weighted by atomic mass is 10.0. The fraction of sp³-hybridized carbons (Fsp3) is 0. The molecular weight excluding hydrogens is 448 g/mol. The van der Waals surface area contributed by atoms with Crippen LogP contribution in [0.3, 0.4) is 0 Å². The van der Waals surface area contributed by atoms with Gasteiger partial charge >= 0.3 is 5.63 Å². The molecule has 7 heteroatoms. The molecule has 0 aliphatic rings. The summed E-state index contributed by atoms with van der Waals surface area (Å²) in [6.07, 6.45) is 0. The molecule has 0 fully saturated rings. The minimum atomic E-state index is -0.467. The minimum Gasteiger partial charge on any atom is -0.422 e. The zero-order valence-corrected chi connectivity index (χ0v) is 18.6. The van der Waals surface area contributed by atoms with Crippen LogP contribution in [-0.2, 0) is 0 Å². The van der Waals surface area contributed by atoms with Gasteiger partial charge < -0.3 is 15.1 Å². The molecule has 0 atom stereocenters. The van der Waals surface area contributed by atoms with Gasteiger partial charge in [-0.15, -0.1) is 11.3 Å². The Bertz CT molecular complexity index is 1570. The van der Waals surface area contributed by atoms with Crippen molar-refractivity contribution in [3.63, 3.8) is 0 Å². The van der Waals surface area contributed by atoms with Crippen LogP contribution in [-0.4, -0.2) is 11.8 Å². The number of amides is 2. The first-order valence-electron chi connectivity index (χ1n) is 10.5. The third-order valence-electron chi connectivity index (χ3n) is 5.20. The van der Waals surface area contributed by atoms with Crippen molar-refractivity contribution in [3.05, 3.63) is 117 Å². The van der Waals surface area contributed by atoms with Crippen LogP contribution in [0.25, 0.3) is 22.1 Å². The van der Waals surface area contributed by atoms with Crippen molar-refractivity contribution in [2.24, 2.45) is 0 Å². The number of hydrogen-bond donors (Lipinski definition) is 2. The summed E-state index contributed by atoms with van der Waals surface area (Å²) in [5.41, 5.74) is 2.50. The largest absolute Gasteiger partial charge is 0.422 e. The van der Waals surface area contributed by atoms with Gasteiger partial charge in [-0.2, -0.15) is 0 Å². The molecule has 0 aliphatic carbocycles. The summed E-state index contributed by atoms with van der Waals surface area (Å²) >= 11 is 1.35. The second-order valence-electron chi connectivity index (χ2n) is 7.53. The molecule has 0 radical (unpaired) electrons. The van der Waals surface area contributed by atoms with E-state index in [4.69, 9.17) is 4.42 Å². The van der Waals surface area contributed by atoms with Crippen LogP contribution >= 0.6 is 11.3 Å². The first-order valence-corrected chi connectivity index (χ1v) is 11.3. The molecule has 0 spiro atoms. The van der Waals surface area contributed by atoms with Gasteiger partial charge in [-0.3, -0.25) is 9.59 Å². The summed E-state index contributed by atoms with van der Waals surface area (Å²) in [6.45, 7) is 0. The van der Waals surface area contributed by atoms with Gasteiger partial charge in [-0.05, 0) is 59.5 Å². The average molecular weight is 467 g/mol. The van der Waals surface area contributed by atoms with E-state index < -0.39 is 5.63 Å². The summed E-state index contributed by atoms with van der Waals surface area (Å²) in [7, 11) is 0. The normalized spacial score (nSPS) is 10.7. The van der Waals surface area contributed by atoms with Gasteiger partial charge in [0.2, 0.25) is 0 Å². The molecule has 3 aromatic carbocycles. The predicted molar refractivity (Wildman–Crippen MR) is 135 cm³/mol. The molecule has 0 aliphatic heterocycles. The van der Waals surface area contributed by atoms with Crippen molar-refractivity contribution in [3.8, 4) is 11.1 Å². The maximum atomic E-state index is 12.9. The highest BCUT2D eigenvalue weighted by Gasteiger charge is 2.12. The molecular formula is C27H18N2O4S. The highest BCUT2D eigenvalue weighted by molar-refractivity contribution is 7.12. The Hall–Kier alpha value is -4.49. The highest BCUT2D eigenvalue weighted by Crippen LogP contribution is 2.23. The summed E-state index contributed by atoms with van der Waals surface area (Å²) in [5.74, 6) is -0.547. The van der Waals surface area contributed by atoms with Crippen molar-refractivity contribution in [1.29, 1.82) is 0 Å². The number of carbonyl (C=O) groups is 2. The van der Waals surface area contributed by atoms with Gasteiger partial charge in [-0.25, -0.2) is 4.79 Å². The molecule has 2 amide bonds. The fourth-order valence-corrected chi connectivity index (χ4v) is 4.19. The zero-order valence-electron chi connectivity index (χ0n) is 17.8. The summed E-state index contributed by atoms with van der Waals surface area (Å²) in [6, 6.07) is 26.3. The van der Waals surface area contributed by atoms with E-state index in [2.05, 4.69) is 10.6 Å². The Balaban J connectivity index is 1.36. The van der Waals surface area contributed by atoms with E-state index in [-0.39, 0.29) is 11.8 Å². The van der Waals surface area contributed by atoms with E-state index in [1.54, 1.807) is 72.8 Å². The molecule has 2 aromatic heterocycles. The molecule has 0 bridgehead atoms. The first kappa shape index (κ1) is 21.4. The van der Waals surface area contributed by atoms with E-state index in [1.165, 1.54) is 11.3 Å². The Morgan fingerprint density at radius 3 is 2.29 bits per heavy atom. The lowest BCUT2D eigenvalue weighted by Crippen LogP contribution is -2.13. The fourth-order valence-electron chi connectivity index (χ4n) is 3.57. The van der Waals surface area contributed by atoms with Gasteiger partial charge in [0.1, 0.15) is 5.58 Å². The van der Waals surface area contributed by atoms with Crippen LogP contribution in [0, 0.1) is 0 Å². The minimum absolute atomic E-state index is 0.208. The Kier molecular flexibility index (Phi) is 5.76. The van der Waals surface area contributed by atoms with Crippen LogP contribution in [0.1, 0.15) is 20.0 Å². The Labute approximate surface area is 198 Å². The quantitative estimate of drug-likeness (QED) is 0.310. The molecule has 5 aromatic rings. The van der Waals surface area contributed by atoms with Crippen molar-refractivity contribution in [2.75, 3.05) is 10.6 Å². The Morgan fingerprint density at radius 1 is 0.735 bits per heavy atom. The molecule has 2 heterocycles.